The van der Waals surface area contributed by atoms with E-state index in [2.05, 4.69) is 34.9 Å². The number of aromatic nitrogens is 7. The summed E-state index contributed by atoms with van der Waals surface area (Å²) >= 11 is 0. The van der Waals surface area contributed by atoms with Crippen molar-refractivity contribution < 1.29 is 32.1 Å². The van der Waals surface area contributed by atoms with Crippen LogP contribution in [0.3, 0.4) is 0 Å². The first-order valence-electron chi connectivity index (χ1n) is 11.7. The van der Waals surface area contributed by atoms with Crippen LogP contribution in [0, 0.1) is 5.82 Å². The number of anilines is 2. The first-order valence-corrected chi connectivity index (χ1v) is 13.3. The first-order chi connectivity index (χ1) is 18.3. The number of rotatable bonds is 8. The van der Waals surface area contributed by atoms with Gasteiger partial charge in [0.2, 0.25) is 33.7 Å². The van der Waals surface area contributed by atoms with Gasteiger partial charge < -0.3 is 24.2 Å². The van der Waals surface area contributed by atoms with Gasteiger partial charge >= 0.3 is 0 Å². The van der Waals surface area contributed by atoms with Gasteiger partial charge in [-0.25, -0.2) is 22.8 Å². The maximum atomic E-state index is 13.6. The van der Waals surface area contributed by atoms with Crippen LogP contribution in [0.2, 0.25) is 0 Å². The molecule has 3 aromatic rings. The predicted octanol–water partition coefficient (Wildman–Crippen LogP) is 0.237. The van der Waals surface area contributed by atoms with Gasteiger partial charge in [0.05, 0.1) is 32.7 Å². The Bertz CT molecular complexity index is 1360. The highest BCUT2D eigenvalue weighted by Gasteiger charge is 2.38. The fourth-order valence-corrected chi connectivity index (χ4v) is 5.91. The molecule has 2 aliphatic heterocycles. The molecule has 2 N–H and O–H groups in total. The van der Waals surface area contributed by atoms with Crippen LogP contribution in [0.5, 0.6) is 11.8 Å². The summed E-state index contributed by atoms with van der Waals surface area (Å²) in [4.78, 5) is 17.6. The number of nitrogens with zero attached hydrogens (tertiary/aromatic N) is 8. The Morgan fingerprint density at radius 2 is 1.82 bits per heavy atom. The molecule has 5 rings (SSSR count). The van der Waals surface area contributed by atoms with E-state index in [0.29, 0.717) is 18.9 Å². The Morgan fingerprint density at radius 1 is 1.11 bits per heavy atom. The van der Waals surface area contributed by atoms with E-state index in [1.165, 1.54) is 30.0 Å². The largest absolute Gasteiger partial charge is 0.479 e. The summed E-state index contributed by atoms with van der Waals surface area (Å²) < 4.78 is 61.0. The van der Waals surface area contributed by atoms with Crippen LogP contribution in [-0.2, 0) is 14.8 Å². The second-order valence-electron chi connectivity index (χ2n) is 8.72. The van der Waals surface area contributed by atoms with Crippen molar-refractivity contribution in [3.05, 3.63) is 30.4 Å². The molecule has 38 heavy (non-hydrogen) atoms. The number of methoxy groups -OCH3 is 2. The van der Waals surface area contributed by atoms with Gasteiger partial charge in [-0.15, -0.1) is 10.2 Å². The number of ether oxygens (including phenoxy) is 3. The maximum Gasteiger partial charge on any atom is 0.245 e. The van der Waals surface area contributed by atoms with Crippen LogP contribution in [0.15, 0.2) is 18.7 Å². The molecular weight excluding hydrogens is 525 g/mol. The normalized spacial score (nSPS) is 21.9. The summed E-state index contributed by atoms with van der Waals surface area (Å²) in [6.07, 6.45) is 3.12. The van der Waals surface area contributed by atoms with E-state index < -0.39 is 33.3 Å². The van der Waals surface area contributed by atoms with Gasteiger partial charge in [0, 0.05) is 19.7 Å². The number of β-amino-alcohol motifs (C(OH)–C–C–N with tert-alkyl or cyclic N) is 1. The lowest BCUT2D eigenvalue weighted by Crippen LogP contribution is -2.50. The number of hydrogen-bond donors (Lipinski definition) is 2. The molecule has 204 valence electrons. The van der Waals surface area contributed by atoms with Gasteiger partial charge in [0.1, 0.15) is 17.7 Å². The number of halogens is 1. The lowest BCUT2D eigenvalue weighted by atomic mass is 10.1. The SMILES string of the molecule is COc1ncnc(OC)c1-n1c(NS(=O)(=O)C2C[C@H](O)CN(c3ncc(F)cn3)C2)nnc1[C@H]1CCCO1. The van der Waals surface area contributed by atoms with Crippen LogP contribution >= 0.6 is 0 Å². The van der Waals surface area contributed by atoms with E-state index in [9.17, 15) is 17.9 Å². The van der Waals surface area contributed by atoms with Gasteiger partial charge in [-0.3, -0.25) is 9.29 Å². The topological polar surface area (TPSA) is 180 Å². The monoisotopic (exact) mass is 551 g/mol. The lowest BCUT2D eigenvalue weighted by Gasteiger charge is -2.35. The third-order valence-corrected chi connectivity index (χ3v) is 7.91. The predicted molar refractivity (Wildman–Crippen MR) is 129 cm³/mol. The van der Waals surface area contributed by atoms with Crippen LogP contribution in [0.4, 0.5) is 16.3 Å². The average Bonchev–Trinajstić information content (AvgIpc) is 3.58. The zero-order valence-corrected chi connectivity index (χ0v) is 21.4. The Labute approximate surface area is 217 Å². The quantitative estimate of drug-likeness (QED) is 0.389. The van der Waals surface area contributed by atoms with E-state index in [1.807, 2.05) is 0 Å². The summed E-state index contributed by atoms with van der Waals surface area (Å²) in [7, 11) is -1.36. The van der Waals surface area contributed by atoms with E-state index in [4.69, 9.17) is 14.2 Å². The molecule has 2 saturated heterocycles. The molecule has 3 atom stereocenters. The summed E-state index contributed by atoms with van der Waals surface area (Å²) in [6.45, 7) is 0.554. The zero-order chi connectivity index (χ0) is 26.9. The van der Waals surface area contributed by atoms with Gasteiger partial charge in [-0.05, 0) is 19.3 Å². The molecule has 15 nitrogen and oxygen atoms in total. The molecule has 0 aliphatic carbocycles. The minimum absolute atomic E-state index is 0.0498. The highest BCUT2D eigenvalue weighted by Crippen LogP contribution is 2.37. The molecule has 3 aromatic heterocycles. The molecule has 0 aromatic carbocycles. The lowest BCUT2D eigenvalue weighted by molar-refractivity contribution is 0.103. The standard InChI is InChI=1S/C21H26FN9O6S/c1-35-18-16(19(36-2)26-11-25-18)31-17(15-4-3-5-37-15)27-28-21(31)29-38(33,34)14-6-13(32)9-30(10-14)20-23-7-12(22)8-24-20/h7-8,11,13-15,32H,3-6,9-10H2,1-2H3,(H,28,29)/t13-,14?,15+/m0/s1. The summed E-state index contributed by atoms with van der Waals surface area (Å²) in [6, 6.07) is 0. The minimum Gasteiger partial charge on any atom is -0.479 e. The highest BCUT2D eigenvalue weighted by atomic mass is 32.2. The molecule has 5 heterocycles. The van der Waals surface area contributed by atoms with Crippen molar-refractivity contribution in [3.63, 3.8) is 0 Å². The third-order valence-electron chi connectivity index (χ3n) is 6.22. The zero-order valence-electron chi connectivity index (χ0n) is 20.6. The molecule has 0 radical (unpaired) electrons. The smallest absolute Gasteiger partial charge is 0.245 e. The van der Waals surface area contributed by atoms with Gasteiger partial charge in [-0.1, -0.05) is 0 Å². The number of hydrogen-bond acceptors (Lipinski definition) is 13. The molecule has 0 amide bonds. The fraction of sp³-hybridized carbons (Fsp3) is 0.524. The molecular formula is C21H26FN9O6S. The molecule has 0 bridgehead atoms. The van der Waals surface area contributed by atoms with Crippen molar-refractivity contribution in [2.24, 2.45) is 0 Å². The average molecular weight is 552 g/mol. The second-order valence-corrected chi connectivity index (χ2v) is 10.7. The molecule has 0 saturated carbocycles. The van der Waals surface area contributed by atoms with Crippen molar-refractivity contribution in [1.82, 2.24) is 34.7 Å². The van der Waals surface area contributed by atoms with Crippen LogP contribution in [-0.4, -0.2) is 93.5 Å². The van der Waals surface area contributed by atoms with Crippen molar-refractivity contribution in [3.8, 4) is 17.4 Å². The first kappa shape index (κ1) is 25.9. The fourth-order valence-electron chi connectivity index (χ4n) is 4.50. The number of sulfonamides is 1. The Balaban J connectivity index is 1.51. The number of aliphatic hydroxyl groups is 1. The Morgan fingerprint density at radius 3 is 2.45 bits per heavy atom. The van der Waals surface area contributed by atoms with Crippen molar-refractivity contribution >= 4 is 21.9 Å². The third kappa shape index (κ3) is 5.03. The Hall–Kier alpha value is -3.70. The second kappa shape index (κ2) is 10.6. The molecule has 0 spiro atoms. The summed E-state index contributed by atoms with van der Waals surface area (Å²) in [5.41, 5.74) is 0.190. The summed E-state index contributed by atoms with van der Waals surface area (Å²) in [5, 5.41) is 17.7. The van der Waals surface area contributed by atoms with E-state index >= 15 is 0 Å². The van der Waals surface area contributed by atoms with Gasteiger partial charge in [0.25, 0.3) is 0 Å². The molecule has 1 unspecified atom stereocenters. The van der Waals surface area contributed by atoms with Crippen molar-refractivity contribution in [2.75, 3.05) is 43.5 Å². The van der Waals surface area contributed by atoms with Crippen LogP contribution in [0.25, 0.3) is 5.69 Å². The Kier molecular flexibility index (Phi) is 7.22. The minimum atomic E-state index is -4.17. The van der Waals surface area contributed by atoms with E-state index in [0.717, 1.165) is 18.8 Å². The molecule has 2 fully saturated rings. The van der Waals surface area contributed by atoms with Gasteiger partial charge in [-0.2, -0.15) is 9.97 Å². The van der Waals surface area contributed by atoms with E-state index in [1.54, 1.807) is 0 Å². The van der Waals surface area contributed by atoms with Crippen molar-refractivity contribution in [2.45, 2.75) is 36.7 Å². The van der Waals surface area contributed by atoms with Crippen molar-refractivity contribution in [1.29, 1.82) is 0 Å². The summed E-state index contributed by atoms with van der Waals surface area (Å²) in [5.74, 6) is -0.171. The number of nitrogens with one attached hydrogen (secondary N) is 1. The van der Waals surface area contributed by atoms with Crippen LogP contribution < -0.4 is 19.1 Å². The van der Waals surface area contributed by atoms with Crippen LogP contribution in [0.1, 0.15) is 31.2 Å². The molecule has 2 aliphatic rings. The number of piperidine rings is 1. The van der Waals surface area contributed by atoms with E-state index in [-0.39, 0.29) is 48.9 Å². The highest BCUT2D eigenvalue weighted by molar-refractivity contribution is 7.93. The maximum absolute atomic E-state index is 13.6. The molecule has 17 heteroatoms. The number of aliphatic hydroxyl groups excluding tert-OH is 1. The van der Waals surface area contributed by atoms with Gasteiger partial charge in [0.15, 0.2) is 17.3 Å².